The number of benzene rings is 1. The molecule has 22 heavy (non-hydrogen) atoms. The van der Waals surface area contributed by atoms with Gasteiger partial charge in [-0.2, -0.15) is 0 Å². The van der Waals surface area contributed by atoms with Crippen LogP contribution in [0.25, 0.3) is 0 Å². The summed E-state index contributed by atoms with van der Waals surface area (Å²) in [6, 6.07) is 8.12. The molecule has 1 aromatic heterocycles. The number of nitrogens with zero attached hydrogens (tertiary/aromatic N) is 2. The zero-order chi connectivity index (χ0) is 15.1. The van der Waals surface area contributed by atoms with E-state index in [0.29, 0.717) is 17.4 Å². The van der Waals surface area contributed by atoms with E-state index in [-0.39, 0.29) is 5.91 Å². The average Bonchev–Trinajstić information content (AvgIpc) is 3.25. The van der Waals surface area contributed by atoms with Crippen molar-refractivity contribution in [1.29, 1.82) is 0 Å². The minimum absolute atomic E-state index is 0.0381. The lowest BCUT2D eigenvalue weighted by Gasteiger charge is -2.15. The Morgan fingerprint density at radius 1 is 1.36 bits per heavy atom. The first-order valence-corrected chi connectivity index (χ1v) is 7.69. The predicted molar refractivity (Wildman–Crippen MR) is 80.1 cm³/mol. The lowest BCUT2D eigenvalue weighted by molar-refractivity contribution is 0.0780. The fourth-order valence-corrected chi connectivity index (χ4v) is 3.31. The minimum Gasteiger partial charge on any atom is -0.493 e. The molecule has 1 fully saturated rings. The Morgan fingerprint density at radius 3 is 3.09 bits per heavy atom. The average molecular weight is 298 g/mol. The second kappa shape index (κ2) is 5.16. The molecule has 0 bridgehead atoms. The van der Waals surface area contributed by atoms with Gasteiger partial charge in [-0.25, -0.2) is 0 Å². The van der Waals surface area contributed by atoms with Gasteiger partial charge in [0, 0.05) is 31.5 Å². The van der Waals surface area contributed by atoms with Crippen molar-refractivity contribution in [3.8, 4) is 5.75 Å². The third-order valence-corrected chi connectivity index (χ3v) is 4.51. The van der Waals surface area contributed by atoms with Gasteiger partial charge in [0.2, 0.25) is 0 Å². The Kier molecular flexibility index (Phi) is 3.13. The van der Waals surface area contributed by atoms with E-state index in [1.54, 1.807) is 13.0 Å². The highest BCUT2D eigenvalue weighted by Gasteiger charge is 2.30. The standard InChI is InChI=1S/C17H18N2O3/c1-11-8-15(18-22-11)17(20)19-6-4-14(10-19)12-2-3-16-13(9-12)5-7-21-16/h2-3,8-9,14H,4-7,10H2,1H3/t14-/m0/s1. The molecule has 5 heteroatoms. The lowest BCUT2D eigenvalue weighted by atomic mass is 9.96. The summed E-state index contributed by atoms with van der Waals surface area (Å²) in [4.78, 5) is 14.3. The van der Waals surface area contributed by atoms with Crippen molar-refractivity contribution in [2.45, 2.75) is 25.7 Å². The van der Waals surface area contributed by atoms with E-state index in [1.165, 1.54) is 11.1 Å². The van der Waals surface area contributed by atoms with Gasteiger partial charge in [0.1, 0.15) is 11.5 Å². The third-order valence-electron chi connectivity index (χ3n) is 4.51. The fraction of sp³-hybridized carbons (Fsp3) is 0.412. The van der Waals surface area contributed by atoms with Crippen molar-refractivity contribution in [3.63, 3.8) is 0 Å². The number of fused-ring (bicyclic) bond motifs is 1. The molecule has 0 unspecified atom stereocenters. The number of carbonyl (C=O) groups is 1. The highest BCUT2D eigenvalue weighted by Crippen LogP contribution is 2.33. The fourth-order valence-electron chi connectivity index (χ4n) is 3.31. The maximum absolute atomic E-state index is 12.4. The molecule has 1 saturated heterocycles. The topological polar surface area (TPSA) is 55.6 Å². The van der Waals surface area contributed by atoms with Crippen molar-refractivity contribution < 1.29 is 14.1 Å². The third kappa shape index (κ3) is 2.26. The number of hydrogen-bond acceptors (Lipinski definition) is 4. The molecule has 1 atom stereocenters. The summed E-state index contributed by atoms with van der Waals surface area (Å²) in [6.07, 6.45) is 1.97. The predicted octanol–water partition coefficient (Wildman–Crippen LogP) is 2.55. The van der Waals surface area contributed by atoms with Crippen LogP contribution < -0.4 is 4.74 Å². The van der Waals surface area contributed by atoms with E-state index in [4.69, 9.17) is 9.26 Å². The summed E-state index contributed by atoms with van der Waals surface area (Å²) in [6.45, 7) is 4.08. The Labute approximate surface area is 128 Å². The van der Waals surface area contributed by atoms with Gasteiger partial charge in [-0.05, 0) is 30.5 Å². The molecule has 1 amide bonds. The molecule has 0 saturated carbocycles. The first-order valence-electron chi connectivity index (χ1n) is 7.69. The Balaban J connectivity index is 1.49. The molecule has 0 N–H and O–H groups in total. The van der Waals surface area contributed by atoms with Crippen molar-refractivity contribution >= 4 is 5.91 Å². The number of ether oxygens (including phenoxy) is 1. The highest BCUT2D eigenvalue weighted by molar-refractivity contribution is 5.92. The van der Waals surface area contributed by atoms with Gasteiger partial charge in [0.25, 0.3) is 5.91 Å². The Bertz CT molecular complexity index is 722. The number of hydrogen-bond donors (Lipinski definition) is 0. The van der Waals surface area contributed by atoms with Crippen LogP contribution in [0.5, 0.6) is 5.75 Å². The molecule has 0 spiro atoms. The van der Waals surface area contributed by atoms with Crippen molar-refractivity contribution in [2.75, 3.05) is 19.7 Å². The van der Waals surface area contributed by atoms with Crippen LogP contribution in [-0.2, 0) is 6.42 Å². The van der Waals surface area contributed by atoms with E-state index < -0.39 is 0 Å². The van der Waals surface area contributed by atoms with Gasteiger partial charge in [0.05, 0.1) is 6.61 Å². The molecule has 1 aromatic carbocycles. The van der Waals surface area contributed by atoms with Crippen LogP contribution in [0.2, 0.25) is 0 Å². The molecular formula is C17H18N2O3. The molecule has 2 aliphatic heterocycles. The first-order chi connectivity index (χ1) is 10.7. The number of carbonyl (C=O) groups excluding carboxylic acids is 1. The number of aromatic nitrogens is 1. The van der Waals surface area contributed by atoms with Crippen LogP contribution in [0.1, 0.15) is 39.7 Å². The normalized spacial score (nSPS) is 20.0. The van der Waals surface area contributed by atoms with Gasteiger partial charge in [-0.3, -0.25) is 4.79 Å². The van der Waals surface area contributed by atoms with Crippen molar-refractivity contribution in [2.24, 2.45) is 0 Å². The van der Waals surface area contributed by atoms with Crippen LogP contribution in [0, 0.1) is 6.92 Å². The molecular weight excluding hydrogens is 280 g/mol. The SMILES string of the molecule is Cc1cc(C(=O)N2CC[C@H](c3ccc4c(c3)CCO4)C2)no1. The van der Waals surface area contributed by atoms with Gasteiger partial charge < -0.3 is 14.2 Å². The summed E-state index contributed by atoms with van der Waals surface area (Å²) >= 11 is 0. The largest absolute Gasteiger partial charge is 0.493 e. The van der Waals surface area contributed by atoms with E-state index >= 15 is 0 Å². The Morgan fingerprint density at radius 2 is 2.27 bits per heavy atom. The molecule has 4 rings (SSSR count). The number of aryl methyl sites for hydroxylation is 1. The maximum Gasteiger partial charge on any atom is 0.276 e. The molecule has 0 radical (unpaired) electrons. The number of rotatable bonds is 2. The second-order valence-electron chi connectivity index (χ2n) is 6.03. The molecule has 114 valence electrons. The molecule has 0 aliphatic carbocycles. The van der Waals surface area contributed by atoms with Crippen LogP contribution in [0.3, 0.4) is 0 Å². The van der Waals surface area contributed by atoms with E-state index in [2.05, 4.69) is 23.4 Å². The monoisotopic (exact) mass is 298 g/mol. The first kappa shape index (κ1) is 13.4. The zero-order valence-corrected chi connectivity index (χ0v) is 12.5. The summed E-state index contributed by atoms with van der Waals surface area (Å²) in [5.41, 5.74) is 2.99. The van der Waals surface area contributed by atoms with Gasteiger partial charge in [-0.15, -0.1) is 0 Å². The molecule has 2 aromatic rings. The highest BCUT2D eigenvalue weighted by atomic mass is 16.5. The van der Waals surface area contributed by atoms with Crippen molar-refractivity contribution in [3.05, 3.63) is 46.8 Å². The van der Waals surface area contributed by atoms with Crippen LogP contribution in [-0.4, -0.2) is 35.7 Å². The van der Waals surface area contributed by atoms with Crippen molar-refractivity contribution in [1.82, 2.24) is 10.1 Å². The molecule has 3 heterocycles. The number of likely N-dealkylation sites (tertiary alicyclic amines) is 1. The second-order valence-corrected chi connectivity index (χ2v) is 6.03. The summed E-state index contributed by atoms with van der Waals surface area (Å²) in [5, 5.41) is 3.82. The molecule has 5 nitrogen and oxygen atoms in total. The zero-order valence-electron chi connectivity index (χ0n) is 12.5. The number of amides is 1. The Hall–Kier alpha value is -2.30. The van der Waals surface area contributed by atoms with Crippen LogP contribution in [0.15, 0.2) is 28.8 Å². The van der Waals surface area contributed by atoms with E-state index in [0.717, 1.165) is 38.3 Å². The maximum atomic E-state index is 12.4. The quantitative estimate of drug-likeness (QED) is 0.855. The lowest BCUT2D eigenvalue weighted by Crippen LogP contribution is -2.28. The van der Waals surface area contributed by atoms with E-state index in [9.17, 15) is 4.79 Å². The minimum atomic E-state index is -0.0381. The van der Waals surface area contributed by atoms with Crippen LogP contribution in [0.4, 0.5) is 0 Å². The summed E-state index contributed by atoms with van der Waals surface area (Å²) in [5.74, 6) is 2.03. The van der Waals surface area contributed by atoms with Crippen LogP contribution >= 0.6 is 0 Å². The van der Waals surface area contributed by atoms with Gasteiger partial charge in [-0.1, -0.05) is 17.3 Å². The summed E-state index contributed by atoms with van der Waals surface area (Å²) < 4.78 is 10.5. The van der Waals surface area contributed by atoms with Gasteiger partial charge in [0.15, 0.2) is 5.69 Å². The summed E-state index contributed by atoms with van der Waals surface area (Å²) in [7, 11) is 0. The van der Waals surface area contributed by atoms with Gasteiger partial charge >= 0.3 is 0 Å². The molecule has 2 aliphatic rings. The van der Waals surface area contributed by atoms with E-state index in [1.807, 2.05) is 4.90 Å². The smallest absolute Gasteiger partial charge is 0.276 e.